The second kappa shape index (κ2) is 7.61. The molecule has 1 N–H and O–H groups in total. The van der Waals surface area contributed by atoms with Crippen LogP contribution in [0.25, 0.3) is 10.8 Å². The fourth-order valence-electron chi connectivity index (χ4n) is 3.84. The molecule has 0 unspecified atom stereocenters. The Balaban J connectivity index is 1.62. The number of sulfonamides is 1. The van der Waals surface area contributed by atoms with Crippen molar-refractivity contribution in [2.45, 2.75) is 37.6 Å². The van der Waals surface area contributed by atoms with Crippen LogP contribution in [0.1, 0.15) is 24.0 Å². The van der Waals surface area contributed by atoms with Gasteiger partial charge in [0.25, 0.3) is 0 Å². The molecule has 0 aliphatic carbocycles. The van der Waals surface area contributed by atoms with Crippen molar-refractivity contribution in [1.82, 2.24) is 4.31 Å². The number of anilines is 1. The summed E-state index contributed by atoms with van der Waals surface area (Å²) >= 11 is 0. The number of rotatable bonds is 4. The van der Waals surface area contributed by atoms with Crippen LogP contribution in [0.15, 0.2) is 65.6 Å². The second-order valence-electron chi connectivity index (χ2n) is 7.59. The summed E-state index contributed by atoms with van der Waals surface area (Å²) in [5.41, 5.74) is 2.72. The van der Waals surface area contributed by atoms with E-state index in [1.165, 1.54) is 4.31 Å². The Bertz CT molecular complexity index is 1190. The average molecular weight is 409 g/mol. The summed E-state index contributed by atoms with van der Waals surface area (Å²) in [6.07, 6.45) is 1.18. The van der Waals surface area contributed by atoms with Gasteiger partial charge < -0.3 is 5.32 Å². The molecule has 0 aromatic heterocycles. The largest absolute Gasteiger partial charge is 0.324 e. The Kier molecular flexibility index (Phi) is 5.15. The van der Waals surface area contributed by atoms with E-state index in [1.54, 1.807) is 12.1 Å². The van der Waals surface area contributed by atoms with Gasteiger partial charge in [-0.15, -0.1) is 0 Å². The van der Waals surface area contributed by atoms with Gasteiger partial charge in [-0.25, -0.2) is 8.42 Å². The smallest absolute Gasteiger partial charge is 0.243 e. The van der Waals surface area contributed by atoms with Crippen molar-refractivity contribution in [1.29, 1.82) is 0 Å². The molecule has 29 heavy (non-hydrogen) atoms. The SMILES string of the molecule is Cc1ccc(C)c(NC(=O)[C@@H]2CCCN2S(=O)(=O)c2ccc3ccccc3c2)c1. The molecule has 3 aromatic rings. The summed E-state index contributed by atoms with van der Waals surface area (Å²) < 4.78 is 28.0. The second-order valence-corrected chi connectivity index (χ2v) is 9.48. The van der Waals surface area contributed by atoms with Crippen molar-refractivity contribution in [3.63, 3.8) is 0 Å². The van der Waals surface area contributed by atoms with Gasteiger partial charge in [0.2, 0.25) is 15.9 Å². The van der Waals surface area contributed by atoms with E-state index in [0.717, 1.165) is 27.6 Å². The third-order valence-corrected chi connectivity index (χ3v) is 7.39. The van der Waals surface area contributed by atoms with Crippen LogP contribution in [0.3, 0.4) is 0 Å². The molecular weight excluding hydrogens is 384 g/mol. The molecule has 6 heteroatoms. The van der Waals surface area contributed by atoms with Gasteiger partial charge in [0, 0.05) is 12.2 Å². The minimum atomic E-state index is -3.76. The monoisotopic (exact) mass is 408 g/mol. The molecule has 1 atom stereocenters. The van der Waals surface area contributed by atoms with E-state index in [0.29, 0.717) is 19.4 Å². The Morgan fingerprint density at radius 2 is 1.76 bits per heavy atom. The van der Waals surface area contributed by atoms with Crippen molar-refractivity contribution in [2.75, 3.05) is 11.9 Å². The van der Waals surface area contributed by atoms with Crippen LogP contribution in [0.5, 0.6) is 0 Å². The minimum Gasteiger partial charge on any atom is -0.324 e. The zero-order valence-corrected chi connectivity index (χ0v) is 17.4. The molecule has 1 heterocycles. The van der Waals surface area contributed by atoms with Crippen molar-refractivity contribution in [3.05, 3.63) is 71.8 Å². The summed E-state index contributed by atoms with van der Waals surface area (Å²) in [5.74, 6) is -0.277. The Hall–Kier alpha value is -2.70. The van der Waals surface area contributed by atoms with E-state index in [1.807, 2.05) is 62.4 Å². The predicted molar refractivity (Wildman–Crippen MR) is 115 cm³/mol. The number of carbonyl (C=O) groups is 1. The van der Waals surface area contributed by atoms with Crippen LogP contribution in [-0.2, 0) is 14.8 Å². The Morgan fingerprint density at radius 1 is 1.00 bits per heavy atom. The first-order valence-corrected chi connectivity index (χ1v) is 11.2. The number of benzene rings is 3. The molecule has 150 valence electrons. The highest BCUT2D eigenvalue weighted by molar-refractivity contribution is 7.89. The lowest BCUT2D eigenvalue weighted by Gasteiger charge is -2.24. The lowest BCUT2D eigenvalue weighted by Crippen LogP contribution is -2.43. The molecule has 0 radical (unpaired) electrons. The summed E-state index contributed by atoms with van der Waals surface area (Å²) in [5, 5.41) is 4.78. The maximum absolute atomic E-state index is 13.3. The van der Waals surface area contributed by atoms with E-state index in [2.05, 4.69) is 5.32 Å². The molecule has 0 saturated carbocycles. The Morgan fingerprint density at radius 3 is 2.55 bits per heavy atom. The molecule has 0 bridgehead atoms. The molecule has 1 saturated heterocycles. The summed E-state index contributed by atoms with van der Waals surface area (Å²) in [6.45, 7) is 4.23. The molecule has 1 aliphatic rings. The number of hydrogen-bond acceptors (Lipinski definition) is 3. The third kappa shape index (κ3) is 3.78. The molecule has 1 amide bonds. The Labute approximate surface area is 171 Å². The highest BCUT2D eigenvalue weighted by Gasteiger charge is 2.39. The van der Waals surface area contributed by atoms with Crippen molar-refractivity contribution < 1.29 is 13.2 Å². The first-order chi connectivity index (χ1) is 13.9. The van der Waals surface area contributed by atoms with Crippen LogP contribution in [0.4, 0.5) is 5.69 Å². The molecule has 4 rings (SSSR count). The standard InChI is InChI=1S/C23H24N2O3S/c1-16-9-10-17(2)21(14-16)24-23(26)22-8-5-13-25(22)29(27,28)20-12-11-18-6-3-4-7-19(18)15-20/h3-4,6-7,9-12,14-15,22H,5,8,13H2,1-2H3,(H,24,26)/t22-/m0/s1. The van der Waals surface area contributed by atoms with Crippen LogP contribution < -0.4 is 5.32 Å². The van der Waals surface area contributed by atoms with Crippen LogP contribution >= 0.6 is 0 Å². The van der Waals surface area contributed by atoms with E-state index in [-0.39, 0.29) is 10.8 Å². The highest BCUT2D eigenvalue weighted by atomic mass is 32.2. The van der Waals surface area contributed by atoms with Crippen LogP contribution in [0, 0.1) is 13.8 Å². The number of fused-ring (bicyclic) bond motifs is 1. The van der Waals surface area contributed by atoms with Gasteiger partial charge in [-0.3, -0.25) is 4.79 Å². The number of amides is 1. The van der Waals surface area contributed by atoms with E-state index in [9.17, 15) is 13.2 Å². The maximum atomic E-state index is 13.3. The van der Waals surface area contributed by atoms with E-state index in [4.69, 9.17) is 0 Å². The first-order valence-electron chi connectivity index (χ1n) is 9.75. The van der Waals surface area contributed by atoms with Gasteiger partial charge in [-0.05, 0) is 66.8 Å². The zero-order valence-electron chi connectivity index (χ0n) is 16.6. The fraction of sp³-hybridized carbons (Fsp3) is 0.261. The highest BCUT2D eigenvalue weighted by Crippen LogP contribution is 2.29. The van der Waals surface area contributed by atoms with Gasteiger partial charge >= 0.3 is 0 Å². The summed E-state index contributed by atoms with van der Waals surface area (Å²) in [7, 11) is -3.76. The molecule has 1 aliphatic heterocycles. The number of aryl methyl sites for hydroxylation is 2. The molecule has 0 spiro atoms. The number of hydrogen-bond donors (Lipinski definition) is 1. The molecule has 5 nitrogen and oxygen atoms in total. The van der Waals surface area contributed by atoms with E-state index < -0.39 is 16.1 Å². The number of carbonyl (C=O) groups excluding carboxylic acids is 1. The minimum absolute atomic E-state index is 0.225. The van der Waals surface area contributed by atoms with Gasteiger partial charge in [-0.2, -0.15) is 4.31 Å². The summed E-state index contributed by atoms with van der Waals surface area (Å²) in [6, 6.07) is 17.9. The molecule has 1 fully saturated rings. The van der Waals surface area contributed by atoms with Crippen LogP contribution in [-0.4, -0.2) is 31.2 Å². The average Bonchev–Trinajstić information content (AvgIpc) is 3.21. The lowest BCUT2D eigenvalue weighted by molar-refractivity contribution is -0.119. The van der Waals surface area contributed by atoms with Gasteiger partial charge in [0.1, 0.15) is 6.04 Å². The predicted octanol–water partition coefficient (Wildman–Crippen LogP) is 4.25. The zero-order chi connectivity index (χ0) is 20.6. The number of nitrogens with zero attached hydrogens (tertiary/aromatic N) is 1. The quantitative estimate of drug-likeness (QED) is 0.702. The normalized spacial score (nSPS) is 17.5. The van der Waals surface area contributed by atoms with Gasteiger partial charge in [0.15, 0.2) is 0 Å². The molecular formula is C23H24N2O3S. The molecule has 3 aromatic carbocycles. The van der Waals surface area contributed by atoms with Gasteiger partial charge in [0.05, 0.1) is 4.90 Å². The van der Waals surface area contributed by atoms with Crippen molar-refractivity contribution in [2.24, 2.45) is 0 Å². The van der Waals surface area contributed by atoms with Crippen molar-refractivity contribution in [3.8, 4) is 0 Å². The third-order valence-electron chi connectivity index (χ3n) is 5.48. The first kappa shape index (κ1) is 19.6. The fourth-order valence-corrected chi connectivity index (χ4v) is 5.53. The van der Waals surface area contributed by atoms with Gasteiger partial charge in [-0.1, -0.05) is 42.5 Å². The van der Waals surface area contributed by atoms with E-state index >= 15 is 0 Å². The summed E-state index contributed by atoms with van der Waals surface area (Å²) in [4.78, 5) is 13.2. The number of nitrogens with one attached hydrogen (secondary N) is 1. The van der Waals surface area contributed by atoms with Crippen molar-refractivity contribution >= 4 is 32.4 Å². The maximum Gasteiger partial charge on any atom is 0.243 e. The lowest BCUT2D eigenvalue weighted by atomic mass is 10.1. The topological polar surface area (TPSA) is 66.5 Å². The van der Waals surface area contributed by atoms with Crippen LogP contribution in [0.2, 0.25) is 0 Å².